The van der Waals surface area contributed by atoms with Gasteiger partial charge in [-0.15, -0.1) is 0 Å². The summed E-state index contributed by atoms with van der Waals surface area (Å²) >= 11 is 0. The van der Waals surface area contributed by atoms with Crippen LogP contribution in [0.1, 0.15) is 18.0 Å². The fraction of sp³-hybridized carbons (Fsp3) is 0.500. The number of aryl methyl sites for hydroxylation is 1. The smallest absolute Gasteiger partial charge is 0.0229 e. The van der Waals surface area contributed by atoms with Gasteiger partial charge in [0.25, 0.3) is 0 Å². The molecule has 2 heterocycles. The second kappa shape index (κ2) is 2.13. The SMILES string of the molecule is NCC1CCn2cccc21. The van der Waals surface area contributed by atoms with Crippen molar-refractivity contribution >= 4 is 0 Å². The Morgan fingerprint density at radius 3 is 3.40 bits per heavy atom. The molecule has 1 atom stereocenters. The highest BCUT2D eigenvalue weighted by molar-refractivity contribution is 5.16. The Labute approximate surface area is 60.6 Å². The van der Waals surface area contributed by atoms with E-state index in [0.29, 0.717) is 5.92 Å². The van der Waals surface area contributed by atoms with Crippen LogP contribution in [0.4, 0.5) is 0 Å². The Hall–Kier alpha value is -0.760. The van der Waals surface area contributed by atoms with E-state index in [0.717, 1.165) is 13.1 Å². The first kappa shape index (κ1) is 5.98. The van der Waals surface area contributed by atoms with Crippen LogP contribution in [-0.2, 0) is 6.54 Å². The van der Waals surface area contributed by atoms with Gasteiger partial charge >= 0.3 is 0 Å². The first-order valence-corrected chi connectivity index (χ1v) is 3.77. The molecule has 0 fully saturated rings. The molecule has 1 aliphatic heterocycles. The molecule has 1 aromatic rings. The van der Waals surface area contributed by atoms with Gasteiger partial charge in [-0.3, -0.25) is 0 Å². The summed E-state index contributed by atoms with van der Waals surface area (Å²) in [4.78, 5) is 0. The zero-order chi connectivity index (χ0) is 6.97. The largest absolute Gasteiger partial charge is 0.351 e. The predicted molar refractivity (Wildman–Crippen MR) is 40.8 cm³/mol. The van der Waals surface area contributed by atoms with Crippen molar-refractivity contribution < 1.29 is 0 Å². The lowest BCUT2D eigenvalue weighted by Gasteiger charge is -2.02. The van der Waals surface area contributed by atoms with E-state index in [4.69, 9.17) is 5.73 Å². The molecule has 2 nitrogen and oxygen atoms in total. The van der Waals surface area contributed by atoms with Gasteiger partial charge in [0, 0.05) is 30.9 Å². The van der Waals surface area contributed by atoms with Gasteiger partial charge in [0.1, 0.15) is 0 Å². The minimum absolute atomic E-state index is 0.620. The molecule has 2 N–H and O–H groups in total. The first-order valence-electron chi connectivity index (χ1n) is 3.77. The van der Waals surface area contributed by atoms with Gasteiger partial charge in [-0.2, -0.15) is 0 Å². The molecule has 54 valence electrons. The average Bonchev–Trinajstić information content (AvgIpc) is 2.44. The Morgan fingerprint density at radius 1 is 1.70 bits per heavy atom. The van der Waals surface area contributed by atoms with Gasteiger partial charge in [0.2, 0.25) is 0 Å². The quantitative estimate of drug-likeness (QED) is 0.612. The second-order valence-corrected chi connectivity index (χ2v) is 2.85. The van der Waals surface area contributed by atoms with Crippen LogP contribution in [0.2, 0.25) is 0 Å². The third-order valence-electron chi connectivity index (χ3n) is 2.29. The highest BCUT2D eigenvalue weighted by Gasteiger charge is 2.19. The van der Waals surface area contributed by atoms with Crippen LogP contribution >= 0.6 is 0 Å². The Balaban J connectivity index is 2.34. The summed E-state index contributed by atoms with van der Waals surface area (Å²) < 4.78 is 2.29. The number of hydrogen-bond donors (Lipinski definition) is 1. The molecule has 2 heteroatoms. The molecule has 0 amide bonds. The van der Waals surface area contributed by atoms with Gasteiger partial charge in [0.15, 0.2) is 0 Å². The predicted octanol–water partition coefficient (Wildman–Crippen LogP) is 0.934. The second-order valence-electron chi connectivity index (χ2n) is 2.85. The van der Waals surface area contributed by atoms with Crippen molar-refractivity contribution in [1.29, 1.82) is 0 Å². The molecule has 2 rings (SSSR count). The number of aromatic nitrogens is 1. The highest BCUT2D eigenvalue weighted by atomic mass is 15.0. The molecule has 0 aliphatic carbocycles. The van der Waals surface area contributed by atoms with E-state index in [-0.39, 0.29) is 0 Å². The molecule has 10 heavy (non-hydrogen) atoms. The van der Waals surface area contributed by atoms with Crippen molar-refractivity contribution in [3.05, 3.63) is 24.0 Å². The van der Waals surface area contributed by atoms with E-state index in [2.05, 4.69) is 22.9 Å². The molecule has 0 saturated heterocycles. The van der Waals surface area contributed by atoms with E-state index in [1.807, 2.05) is 0 Å². The normalized spacial score (nSPS) is 23.1. The van der Waals surface area contributed by atoms with Crippen LogP contribution in [0.25, 0.3) is 0 Å². The fourth-order valence-electron chi connectivity index (χ4n) is 1.68. The zero-order valence-corrected chi connectivity index (χ0v) is 5.96. The maximum Gasteiger partial charge on any atom is 0.0229 e. The van der Waals surface area contributed by atoms with E-state index < -0.39 is 0 Å². The van der Waals surface area contributed by atoms with E-state index in [1.54, 1.807) is 0 Å². The third-order valence-corrected chi connectivity index (χ3v) is 2.29. The molecule has 1 unspecified atom stereocenters. The first-order chi connectivity index (χ1) is 4.92. The van der Waals surface area contributed by atoms with Crippen LogP contribution in [0.3, 0.4) is 0 Å². The minimum atomic E-state index is 0.620. The van der Waals surface area contributed by atoms with Gasteiger partial charge in [0.05, 0.1) is 0 Å². The number of rotatable bonds is 1. The van der Waals surface area contributed by atoms with Gasteiger partial charge in [-0.1, -0.05) is 0 Å². The van der Waals surface area contributed by atoms with E-state index in [1.165, 1.54) is 12.1 Å². The van der Waals surface area contributed by atoms with E-state index in [9.17, 15) is 0 Å². The van der Waals surface area contributed by atoms with Gasteiger partial charge < -0.3 is 10.3 Å². The molecule has 0 saturated carbocycles. The molecule has 1 aliphatic rings. The van der Waals surface area contributed by atoms with Crippen LogP contribution in [0.5, 0.6) is 0 Å². The van der Waals surface area contributed by atoms with Crippen molar-refractivity contribution in [1.82, 2.24) is 4.57 Å². The van der Waals surface area contributed by atoms with Gasteiger partial charge in [-0.05, 0) is 18.6 Å². The highest BCUT2D eigenvalue weighted by Crippen LogP contribution is 2.26. The molecule has 0 radical (unpaired) electrons. The zero-order valence-electron chi connectivity index (χ0n) is 5.96. The maximum absolute atomic E-state index is 5.59. The van der Waals surface area contributed by atoms with Crippen LogP contribution in [0.15, 0.2) is 18.3 Å². The summed E-state index contributed by atoms with van der Waals surface area (Å²) in [6, 6.07) is 4.27. The Kier molecular flexibility index (Phi) is 1.27. The summed E-state index contributed by atoms with van der Waals surface area (Å²) in [7, 11) is 0. The third kappa shape index (κ3) is 0.688. The summed E-state index contributed by atoms with van der Waals surface area (Å²) in [6.07, 6.45) is 3.36. The number of nitrogens with zero attached hydrogens (tertiary/aromatic N) is 1. The minimum Gasteiger partial charge on any atom is -0.351 e. The fourth-order valence-corrected chi connectivity index (χ4v) is 1.68. The maximum atomic E-state index is 5.59. The van der Waals surface area contributed by atoms with Crippen molar-refractivity contribution in [2.24, 2.45) is 5.73 Å². The summed E-state index contributed by atoms with van der Waals surface area (Å²) in [5.74, 6) is 0.620. The molecule has 1 aromatic heterocycles. The van der Waals surface area contributed by atoms with E-state index >= 15 is 0 Å². The monoisotopic (exact) mass is 136 g/mol. The lowest BCUT2D eigenvalue weighted by molar-refractivity contribution is 0.668. The van der Waals surface area contributed by atoms with Crippen molar-refractivity contribution in [2.75, 3.05) is 6.54 Å². The molecular formula is C8H12N2. The standard InChI is InChI=1S/C8H12N2/c9-6-7-3-5-10-4-1-2-8(7)10/h1-2,4,7H,3,5-6,9H2. The topological polar surface area (TPSA) is 30.9 Å². The van der Waals surface area contributed by atoms with Crippen molar-refractivity contribution in [2.45, 2.75) is 18.9 Å². The number of fused-ring (bicyclic) bond motifs is 1. The summed E-state index contributed by atoms with van der Waals surface area (Å²) in [5, 5.41) is 0. The van der Waals surface area contributed by atoms with Crippen molar-refractivity contribution in [3.63, 3.8) is 0 Å². The molecular weight excluding hydrogens is 124 g/mol. The van der Waals surface area contributed by atoms with Crippen LogP contribution in [-0.4, -0.2) is 11.1 Å². The summed E-state index contributed by atoms with van der Waals surface area (Å²) in [6.45, 7) is 1.95. The Bertz CT molecular complexity index is 227. The summed E-state index contributed by atoms with van der Waals surface area (Å²) in [5.41, 5.74) is 7.01. The Morgan fingerprint density at radius 2 is 2.60 bits per heavy atom. The molecule has 0 spiro atoms. The number of hydrogen-bond acceptors (Lipinski definition) is 1. The lowest BCUT2D eigenvalue weighted by atomic mass is 10.1. The van der Waals surface area contributed by atoms with Gasteiger partial charge in [-0.25, -0.2) is 0 Å². The van der Waals surface area contributed by atoms with Crippen molar-refractivity contribution in [3.8, 4) is 0 Å². The number of nitrogens with two attached hydrogens (primary N) is 1. The molecule has 0 bridgehead atoms. The average molecular weight is 136 g/mol. The van der Waals surface area contributed by atoms with Crippen LogP contribution in [0, 0.1) is 0 Å². The molecule has 0 aromatic carbocycles. The lowest BCUT2D eigenvalue weighted by Crippen LogP contribution is -2.08. The van der Waals surface area contributed by atoms with Crippen LogP contribution < -0.4 is 5.73 Å².